The quantitative estimate of drug-likeness (QED) is 0.772. The van der Waals surface area contributed by atoms with Crippen molar-refractivity contribution in [1.82, 2.24) is 9.38 Å². The van der Waals surface area contributed by atoms with E-state index in [1.54, 1.807) is 6.07 Å². The maximum absolute atomic E-state index is 9.64. The molecule has 0 amide bonds. The monoisotopic (exact) mass is 202 g/mol. The van der Waals surface area contributed by atoms with E-state index < -0.39 is 0 Å². The topological polar surface area (TPSA) is 37.5 Å². The van der Waals surface area contributed by atoms with Gasteiger partial charge in [0.15, 0.2) is 11.4 Å². The molecule has 0 spiro atoms. The molecular formula is C12H14N2O. The fraction of sp³-hybridized carbons (Fsp3) is 0.417. The van der Waals surface area contributed by atoms with Gasteiger partial charge in [0, 0.05) is 24.0 Å². The minimum Gasteiger partial charge on any atom is -0.504 e. The van der Waals surface area contributed by atoms with Crippen LogP contribution in [0.4, 0.5) is 0 Å². The molecular weight excluding hydrogens is 188 g/mol. The maximum Gasteiger partial charge on any atom is 0.179 e. The summed E-state index contributed by atoms with van der Waals surface area (Å²) in [6, 6.07) is 3.54. The molecule has 1 saturated carbocycles. The van der Waals surface area contributed by atoms with Gasteiger partial charge in [0.2, 0.25) is 0 Å². The largest absolute Gasteiger partial charge is 0.504 e. The Bertz CT molecular complexity index is 483. The molecule has 0 aliphatic heterocycles. The van der Waals surface area contributed by atoms with Crippen LogP contribution in [0.1, 0.15) is 37.3 Å². The predicted octanol–water partition coefficient (Wildman–Crippen LogP) is 2.70. The van der Waals surface area contributed by atoms with Gasteiger partial charge >= 0.3 is 0 Å². The number of aromatic nitrogens is 2. The first-order chi connectivity index (χ1) is 7.36. The summed E-state index contributed by atoms with van der Waals surface area (Å²) in [7, 11) is 0. The SMILES string of the molecule is Oc1cccn2c(C3CCCC3)cnc12. The van der Waals surface area contributed by atoms with Gasteiger partial charge in [-0.1, -0.05) is 12.8 Å². The Hall–Kier alpha value is -1.51. The molecule has 1 aliphatic carbocycles. The van der Waals surface area contributed by atoms with Crippen LogP contribution in [-0.2, 0) is 0 Å². The van der Waals surface area contributed by atoms with Crippen LogP contribution in [0.25, 0.3) is 5.65 Å². The van der Waals surface area contributed by atoms with Crippen molar-refractivity contribution in [3.8, 4) is 5.75 Å². The van der Waals surface area contributed by atoms with Gasteiger partial charge in [0.1, 0.15) is 0 Å². The summed E-state index contributed by atoms with van der Waals surface area (Å²) in [6.07, 6.45) is 9.03. The number of hydrogen-bond acceptors (Lipinski definition) is 2. The first-order valence-electron chi connectivity index (χ1n) is 5.51. The Balaban J connectivity index is 2.15. The lowest BCUT2D eigenvalue weighted by atomic mass is 10.1. The van der Waals surface area contributed by atoms with Gasteiger partial charge in [-0.2, -0.15) is 0 Å². The lowest BCUT2D eigenvalue weighted by Crippen LogP contribution is -1.97. The van der Waals surface area contributed by atoms with Crippen molar-refractivity contribution in [1.29, 1.82) is 0 Å². The summed E-state index contributed by atoms with van der Waals surface area (Å²) in [5.74, 6) is 0.892. The van der Waals surface area contributed by atoms with Gasteiger partial charge in [-0.05, 0) is 25.0 Å². The van der Waals surface area contributed by atoms with E-state index >= 15 is 0 Å². The van der Waals surface area contributed by atoms with Crippen LogP contribution in [0.15, 0.2) is 24.5 Å². The molecule has 0 saturated heterocycles. The third kappa shape index (κ3) is 1.30. The molecule has 78 valence electrons. The average molecular weight is 202 g/mol. The summed E-state index contributed by atoms with van der Waals surface area (Å²) in [5, 5.41) is 9.64. The van der Waals surface area contributed by atoms with E-state index in [-0.39, 0.29) is 5.75 Å². The fourth-order valence-electron chi connectivity index (χ4n) is 2.54. The molecule has 3 rings (SSSR count). The van der Waals surface area contributed by atoms with Crippen LogP contribution in [0.2, 0.25) is 0 Å². The van der Waals surface area contributed by atoms with Crippen molar-refractivity contribution in [2.45, 2.75) is 31.6 Å². The van der Waals surface area contributed by atoms with Gasteiger partial charge in [-0.15, -0.1) is 0 Å². The number of nitrogens with zero attached hydrogens (tertiary/aromatic N) is 2. The predicted molar refractivity (Wildman–Crippen MR) is 58.1 cm³/mol. The smallest absolute Gasteiger partial charge is 0.179 e. The number of imidazole rings is 1. The molecule has 0 aromatic carbocycles. The number of rotatable bonds is 1. The third-order valence-electron chi connectivity index (χ3n) is 3.32. The summed E-state index contributed by atoms with van der Waals surface area (Å²) in [6.45, 7) is 0. The second-order valence-electron chi connectivity index (χ2n) is 4.25. The van der Waals surface area contributed by atoms with Gasteiger partial charge in [-0.25, -0.2) is 4.98 Å². The van der Waals surface area contributed by atoms with Crippen molar-refractivity contribution >= 4 is 5.65 Å². The van der Waals surface area contributed by atoms with Crippen LogP contribution >= 0.6 is 0 Å². The van der Waals surface area contributed by atoms with Gasteiger partial charge in [-0.3, -0.25) is 0 Å². The molecule has 3 nitrogen and oxygen atoms in total. The van der Waals surface area contributed by atoms with Crippen molar-refractivity contribution in [3.63, 3.8) is 0 Å². The highest BCUT2D eigenvalue weighted by Crippen LogP contribution is 2.34. The first-order valence-corrected chi connectivity index (χ1v) is 5.51. The molecule has 15 heavy (non-hydrogen) atoms. The number of pyridine rings is 1. The standard InChI is InChI=1S/C12H14N2O/c15-11-6-3-7-14-10(8-13-12(11)14)9-4-1-2-5-9/h3,6-9,15H,1-2,4-5H2. The van der Waals surface area contributed by atoms with Crippen LogP contribution < -0.4 is 0 Å². The number of aromatic hydroxyl groups is 1. The van der Waals surface area contributed by atoms with E-state index in [0.717, 1.165) is 0 Å². The van der Waals surface area contributed by atoms with Crippen molar-refractivity contribution in [2.75, 3.05) is 0 Å². The van der Waals surface area contributed by atoms with Crippen LogP contribution in [-0.4, -0.2) is 14.5 Å². The van der Waals surface area contributed by atoms with E-state index in [1.807, 2.05) is 22.9 Å². The van der Waals surface area contributed by atoms with Crippen molar-refractivity contribution in [2.24, 2.45) is 0 Å². The molecule has 0 atom stereocenters. The van der Waals surface area contributed by atoms with Gasteiger partial charge in [0.05, 0.1) is 0 Å². The van der Waals surface area contributed by atoms with E-state index in [4.69, 9.17) is 0 Å². The van der Waals surface area contributed by atoms with Crippen molar-refractivity contribution < 1.29 is 5.11 Å². The van der Waals surface area contributed by atoms with E-state index in [1.165, 1.54) is 31.4 Å². The summed E-state index contributed by atoms with van der Waals surface area (Å²) in [5.41, 5.74) is 1.93. The molecule has 1 fully saturated rings. The maximum atomic E-state index is 9.64. The molecule has 2 heterocycles. The summed E-state index contributed by atoms with van der Waals surface area (Å²) in [4.78, 5) is 4.28. The van der Waals surface area contributed by atoms with E-state index in [9.17, 15) is 5.11 Å². The molecule has 3 heteroatoms. The average Bonchev–Trinajstić information content (AvgIpc) is 2.85. The Labute approximate surface area is 88.4 Å². The van der Waals surface area contributed by atoms with Crippen LogP contribution in [0, 0.1) is 0 Å². The van der Waals surface area contributed by atoms with E-state index in [2.05, 4.69) is 4.98 Å². The highest BCUT2D eigenvalue weighted by atomic mass is 16.3. The zero-order chi connectivity index (χ0) is 10.3. The summed E-state index contributed by atoms with van der Waals surface area (Å²) >= 11 is 0. The first kappa shape index (κ1) is 8.77. The minimum absolute atomic E-state index is 0.266. The minimum atomic E-state index is 0.266. The van der Waals surface area contributed by atoms with Gasteiger partial charge < -0.3 is 9.51 Å². The second kappa shape index (κ2) is 3.26. The second-order valence-corrected chi connectivity index (χ2v) is 4.25. The van der Waals surface area contributed by atoms with E-state index in [0.29, 0.717) is 11.6 Å². The number of fused-ring (bicyclic) bond motifs is 1. The molecule has 0 unspecified atom stereocenters. The Morgan fingerprint density at radius 1 is 1.33 bits per heavy atom. The zero-order valence-electron chi connectivity index (χ0n) is 8.56. The van der Waals surface area contributed by atoms with Gasteiger partial charge in [0.25, 0.3) is 0 Å². The summed E-state index contributed by atoms with van der Waals surface area (Å²) < 4.78 is 2.02. The normalized spacial score (nSPS) is 17.6. The highest BCUT2D eigenvalue weighted by molar-refractivity contribution is 5.53. The Morgan fingerprint density at radius 3 is 2.93 bits per heavy atom. The fourth-order valence-corrected chi connectivity index (χ4v) is 2.54. The zero-order valence-corrected chi connectivity index (χ0v) is 8.56. The lowest BCUT2D eigenvalue weighted by Gasteiger charge is -2.08. The van der Waals surface area contributed by atoms with Crippen LogP contribution in [0.5, 0.6) is 5.75 Å². The molecule has 2 aromatic rings. The Kier molecular flexibility index (Phi) is 1.91. The molecule has 1 aliphatic rings. The molecule has 1 N–H and O–H groups in total. The molecule has 0 bridgehead atoms. The highest BCUT2D eigenvalue weighted by Gasteiger charge is 2.20. The number of hydrogen-bond donors (Lipinski definition) is 1. The molecule has 2 aromatic heterocycles. The Morgan fingerprint density at radius 2 is 2.13 bits per heavy atom. The molecule has 0 radical (unpaired) electrons. The van der Waals surface area contributed by atoms with Crippen LogP contribution in [0.3, 0.4) is 0 Å². The van der Waals surface area contributed by atoms with Crippen molar-refractivity contribution in [3.05, 3.63) is 30.2 Å². The lowest BCUT2D eigenvalue weighted by molar-refractivity contribution is 0.477. The third-order valence-corrected chi connectivity index (χ3v) is 3.32.